The van der Waals surface area contributed by atoms with E-state index >= 15 is 0 Å². The number of benzene rings is 2. The Bertz CT molecular complexity index is 766. The van der Waals surface area contributed by atoms with Gasteiger partial charge >= 0.3 is 0 Å². The molecule has 4 rings (SSSR count). The number of unbranched alkanes of at least 4 members (excludes halogenated alkanes) is 1. The Kier molecular flexibility index (Phi) is 7.72. The van der Waals surface area contributed by atoms with Crippen LogP contribution in [0.4, 0.5) is 0 Å². The molecule has 0 aromatic heterocycles. The molecular formula is C29H40O2. The van der Waals surface area contributed by atoms with Crippen molar-refractivity contribution in [2.45, 2.75) is 89.8 Å². The Morgan fingerprint density at radius 1 is 0.839 bits per heavy atom. The van der Waals surface area contributed by atoms with E-state index < -0.39 is 5.60 Å². The Morgan fingerprint density at radius 2 is 1.48 bits per heavy atom. The first-order valence-electron chi connectivity index (χ1n) is 12.7. The molecule has 2 aliphatic rings. The van der Waals surface area contributed by atoms with E-state index in [1.807, 2.05) is 30.3 Å². The highest BCUT2D eigenvalue weighted by Crippen LogP contribution is 2.46. The second-order valence-corrected chi connectivity index (χ2v) is 10.1. The van der Waals surface area contributed by atoms with E-state index in [4.69, 9.17) is 4.74 Å². The molecule has 0 radical (unpaired) electrons. The highest BCUT2D eigenvalue weighted by Gasteiger charge is 2.38. The smallest absolute Gasteiger partial charge is 0.119 e. The maximum absolute atomic E-state index is 11.4. The first-order chi connectivity index (χ1) is 15.2. The maximum atomic E-state index is 11.4. The van der Waals surface area contributed by atoms with Gasteiger partial charge in [-0.05, 0) is 79.5 Å². The summed E-state index contributed by atoms with van der Waals surface area (Å²) in [5.74, 6) is 3.57. The van der Waals surface area contributed by atoms with Crippen LogP contribution < -0.4 is 4.74 Å². The Labute approximate surface area is 189 Å². The van der Waals surface area contributed by atoms with Gasteiger partial charge in [-0.2, -0.15) is 0 Å². The Balaban J connectivity index is 1.25. The van der Waals surface area contributed by atoms with Gasteiger partial charge < -0.3 is 9.84 Å². The van der Waals surface area contributed by atoms with Crippen molar-refractivity contribution < 1.29 is 9.84 Å². The zero-order valence-electron chi connectivity index (χ0n) is 19.3. The van der Waals surface area contributed by atoms with Gasteiger partial charge in [-0.25, -0.2) is 0 Å². The Hall–Kier alpha value is -1.80. The van der Waals surface area contributed by atoms with Crippen molar-refractivity contribution in [1.82, 2.24) is 0 Å². The molecular weight excluding hydrogens is 380 g/mol. The van der Waals surface area contributed by atoms with Crippen LogP contribution in [0.2, 0.25) is 0 Å². The molecule has 2 aliphatic carbocycles. The van der Waals surface area contributed by atoms with Crippen LogP contribution in [0.1, 0.15) is 88.7 Å². The van der Waals surface area contributed by atoms with E-state index in [0.717, 1.165) is 41.9 Å². The summed E-state index contributed by atoms with van der Waals surface area (Å²) in [5, 5.41) is 11.4. The highest BCUT2D eigenvalue weighted by molar-refractivity contribution is 5.31. The normalized spacial score (nSPS) is 28.9. The van der Waals surface area contributed by atoms with Gasteiger partial charge in [0.25, 0.3) is 0 Å². The quantitative estimate of drug-likeness (QED) is 0.475. The van der Waals surface area contributed by atoms with Crippen LogP contribution in [0.15, 0.2) is 54.6 Å². The molecule has 0 atom stereocenters. The lowest BCUT2D eigenvalue weighted by molar-refractivity contribution is -0.0261. The first kappa shape index (κ1) is 22.4. The van der Waals surface area contributed by atoms with Crippen LogP contribution in [-0.4, -0.2) is 5.11 Å². The molecule has 2 fully saturated rings. The van der Waals surface area contributed by atoms with E-state index in [9.17, 15) is 5.11 Å². The van der Waals surface area contributed by atoms with E-state index in [0.29, 0.717) is 6.61 Å². The van der Waals surface area contributed by atoms with Crippen LogP contribution >= 0.6 is 0 Å². The molecule has 2 aromatic carbocycles. The van der Waals surface area contributed by atoms with E-state index in [1.54, 1.807) is 0 Å². The fraction of sp³-hybridized carbons (Fsp3) is 0.586. The fourth-order valence-electron chi connectivity index (χ4n) is 5.92. The van der Waals surface area contributed by atoms with Gasteiger partial charge in [-0.15, -0.1) is 0 Å². The van der Waals surface area contributed by atoms with Gasteiger partial charge in [0.05, 0.1) is 5.60 Å². The minimum Gasteiger partial charge on any atom is -0.489 e. The molecule has 0 spiro atoms. The van der Waals surface area contributed by atoms with Crippen LogP contribution in [0.25, 0.3) is 0 Å². The third-order valence-electron chi connectivity index (χ3n) is 8.02. The average molecular weight is 421 g/mol. The third kappa shape index (κ3) is 5.92. The molecule has 168 valence electrons. The molecule has 0 aliphatic heterocycles. The van der Waals surface area contributed by atoms with Crippen molar-refractivity contribution in [1.29, 1.82) is 0 Å². The number of hydrogen-bond acceptors (Lipinski definition) is 2. The van der Waals surface area contributed by atoms with Crippen LogP contribution in [0.5, 0.6) is 5.75 Å². The van der Waals surface area contributed by atoms with Crippen molar-refractivity contribution in [3.8, 4) is 5.75 Å². The molecule has 1 N–H and O–H groups in total. The average Bonchev–Trinajstić information content (AvgIpc) is 2.83. The van der Waals surface area contributed by atoms with E-state index in [1.165, 1.54) is 63.4 Å². The lowest BCUT2D eigenvalue weighted by atomic mass is 9.66. The molecule has 0 bridgehead atoms. The molecule has 0 amide bonds. The Morgan fingerprint density at radius 3 is 2.13 bits per heavy atom. The van der Waals surface area contributed by atoms with Crippen molar-refractivity contribution in [2.24, 2.45) is 17.8 Å². The monoisotopic (exact) mass is 420 g/mol. The maximum Gasteiger partial charge on any atom is 0.119 e. The lowest BCUT2D eigenvalue weighted by Gasteiger charge is -2.41. The first-order valence-corrected chi connectivity index (χ1v) is 12.7. The summed E-state index contributed by atoms with van der Waals surface area (Å²) in [6.07, 6.45) is 14.1. The van der Waals surface area contributed by atoms with Gasteiger partial charge in [0.2, 0.25) is 0 Å². The van der Waals surface area contributed by atoms with Gasteiger partial charge in [0.15, 0.2) is 0 Å². The standard InChI is InChI=1S/C29H40O2/c1-2-3-7-23-10-12-25(13-11-23)26-18-20-29(30,21-19-26)27-14-16-28(17-15-27)31-22-24-8-5-4-6-9-24/h4-6,8-9,14-17,23,25-26,30H,2-3,7,10-13,18-22H2,1H3. The second-order valence-electron chi connectivity index (χ2n) is 10.1. The summed E-state index contributed by atoms with van der Waals surface area (Å²) < 4.78 is 5.92. The summed E-state index contributed by atoms with van der Waals surface area (Å²) in [4.78, 5) is 0. The van der Waals surface area contributed by atoms with Crippen LogP contribution in [0, 0.1) is 17.8 Å². The summed E-state index contributed by atoms with van der Waals surface area (Å²) >= 11 is 0. The topological polar surface area (TPSA) is 29.5 Å². The van der Waals surface area contributed by atoms with Crippen molar-refractivity contribution in [3.05, 3.63) is 65.7 Å². The molecule has 0 saturated heterocycles. The van der Waals surface area contributed by atoms with Crippen molar-refractivity contribution >= 4 is 0 Å². The zero-order chi connectivity index (χ0) is 21.5. The fourth-order valence-corrected chi connectivity index (χ4v) is 5.92. The molecule has 2 nitrogen and oxygen atoms in total. The highest BCUT2D eigenvalue weighted by atomic mass is 16.5. The minimum absolute atomic E-state index is 0.576. The third-order valence-corrected chi connectivity index (χ3v) is 8.02. The van der Waals surface area contributed by atoms with Gasteiger partial charge in [-0.1, -0.05) is 81.5 Å². The number of rotatable bonds is 8. The van der Waals surface area contributed by atoms with Gasteiger partial charge in [0, 0.05) is 0 Å². The second kappa shape index (κ2) is 10.7. The van der Waals surface area contributed by atoms with E-state index in [-0.39, 0.29) is 0 Å². The molecule has 0 unspecified atom stereocenters. The minimum atomic E-state index is -0.660. The molecule has 2 aromatic rings. The van der Waals surface area contributed by atoms with E-state index in [2.05, 4.69) is 31.2 Å². The summed E-state index contributed by atoms with van der Waals surface area (Å²) in [6.45, 7) is 2.88. The molecule has 2 saturated carbocycles. The predicted molar refractivity (Wildman–Crippen MR) is 128 cm³/mol. The molecule has 0 heterocycles. The summed E-state index contributed by atoms with van der Waals surface area (Å²) in [7, 11) is 0. The number of ether oxygens (including phenoxy) is 1. The summed E-state index contributed by atoms with van der Waals surface area (Å²) in [6, 6.07) is 18.4. The lowest BCUT2D eigenvalue weighted by Crippen LogP contribution is -2.34. The summed E-state index contributed by atoms with van der Waals surface area (Å²) in [5.41, 5.74) is 1.57. The predicted octanol–water partition coefficient (Wildman–Crippen LogP) is 7.64. The SMILES string of the molecule is CCCCC1CCC(C2CCC(O)(c3ccc(OCc4ccccc4)cc3)CC2)CC1. The van der Waals surface area contributed by atoms with Crippen LogP contribution in [0.3, 0.4) is 0 Å². The van der Waals surface area contributed by atoms with Crippen molar-refractivity contribution in [3.63, 3.8) is 0 Å². The molecule has 31 heavy (non-hydrogen) atoms. The molecule has 2 heteroatoms. The number of aliphatic hydroxyl groups is 1. The largest absolute Gasteiger partial charge is 0.489 e. The van der Waals surface area contributed by atoms with Crippen LogP contribution in [-0.2, 0) is 12.2 Å². The van der Waals surface area contributed by atoms with Crippen molar-refractivity contribution in [2.75, 3.05) is 0 Å². The van der Waals surface area contributed by atoms with Gasteiger partial charge in [0.1, 0.15) is 12.4 Å². The van der Waals surface area contributed by atoms with Gasteiger partial charge in [-0.3, -0.25) is 0 Å². The zero-order valence-corrected chi connectivity index (χ0v) is 19.3. The number of hydrogen-bond donors (Lipinski definition) is 1.